The van der Waals surface area contributed by atoms with Gasteiger partial charge in [-0.15, -0.1) is 0 Å². The smallest absolute Gasteiger partial charge is 0.248 e. The third-order valence-electron chi connectivity index (χ3n) is 4.71. The number of benzene rings is 2. The zero-order valence-electron chi connectivity index (χ0n) is 16.9. The molecule has 0 fully saturated rings. The molecule has 28 heavy (non-hydrogen) atoms. The van der Waals surface area contributed by atoms with Crippen molar-refractivity contribution >= 4 is 28.1 Å². The summed E-state index contributed by atoms with van der Waals surface area (Å²) < 4.78 is 16.7. The van der Waals surface area contributed by atoms with Gasteiger partial charge in [0.1, 0.15) is 22.8 Å². The van der Waals surface area contributed by atoms with Crippen LogP contribution in [0.15, 0.2) is 46.9 Å². The van der Waals surface area contributed by atoms with E-state index in [1.165, 1.54) is 0 Å². The van der Waals surface area contributed by atoms with Gasteiger partial charge in [-0.3, -0.25) is 4.79 Å². The molecular weight excluding hydrogens is 354 g/mol. The Balaban J connectivity index is 1.91. The molecule has 5 nitrogen and oxygen atoms in total. The van der Waals surface area contributed by atoms with Crippen LogP contribution in [-0.4, -0.2) is 19.6 Å². The van der Waals surface area contributed by atoms with E-state index in [4.69, 9.17) is 13.9 Å². The lowest BCUT2D eigenvalue weighted by atomic mass is 10.0. The summed E-state index contributed by atoms with van der Waals surface area (Å²) in [4.78, 5) is 12.5. The van der Waals surface area contributed by atoms with Crippen LogP contribution >= 0.6 is 0 Å². The summed E-state index contributed by atoms with van der Waals surface area (Å²) in [5, 5.41) is 3.89. The molecule has 3 rings (SSSR count). The zero-order chi connectivity index (χ0) is 20.3. The lowest BCUT2D eigenvalue weighted by molar-refractivity contribution is -0.111. The number of anilines is 1. The molecular formula is C23H25NO4. The van der Waals surface area contributed by atoms with E-state index in [-0.39, 0.29) is 5.91 Å². The molecule has 1 aromatic heterocycles. The second-order valence-corrected chi connectivity index (χ2v) is 6.61. The zero-order valence-corrected chi connectivity index (χ0v) is 16.9. The Kier molecular flexibility index (Phi) is 5.73. The van der Waals surface area contributed by atoms with E-state index in [0.717, 1.165) is 39.2 Å². The van der Waals surface area contributed by atoms with Crippen LogP contribution in [0, 0.1) is 13.8 Å². The fourth-order valence-corrected chi connectivity index (χ4v) is 3.08. The summed E-state index contributed by atoms with van der Waals surface area (Å²) in [6.07, 6.45) is 1.58. The highest BCUT2D eigenvalue weighted by atomic mass is 16.5. The van der Waals surface area contributed by atoms with Crippen molar-refractivity contribution in [3.8, 4) is 11.5 Å². The standard InChI is InChI=1S/C23H25NO4/c1-6-27-21-13-22-20(15(3)16(4)28-22)12-19(21)14(2)11-23(25)24-17-7-9-18(26-5)10-8-17/h7-13H,6H2,1-5H3,(H,24,25)/b14-11+. The summed E-state index contributed by atoms with van der Waals surface area (Å²) in [6.45, 7) is 8.34. The van der Waals surface area contributed by atoms with Crippen LogP contribution in [0.4, 0.5) is 5.69 Å². The topological polar surface area (TPSA) is 60.7 Å². The van der Waals surface area contributed by atoms with Gasteiger partial charge in [-0.05, 0) is 69.2 Å². The number of allylic oxidation sites excluding steroid dienone is 1. The molecule has 5 heteroatoms. The maximum atomic E-state index is 12.5. The number of carbonyl (C=O) groups excluding carboxylic acids is 1. The largest absolute Gasteiger partial charge is 0.497 e. The predicted octanol–water partition coefficient (Wildman–Crippen LogP) is 5.50. The van der Waals surface area contributed by atoms with Gasteiger partial charge in [-0.25, -0.2) is 0 Å². The quantitative estimate of drug-likeness (QED) is 0.575. The molecule has 146 valence electrons. The number of hydrogen-bond donors (Lipinski definition) is 1. The second kappa shape index (κ2) is 8.21. The first-order valence-corrected chi connectivity index (χ1v) is 9.23. The van der Waals surface area contributed by atoms with Gasteiger partial charge >= 0.3 is 0 Å². The second-order valence-electron chi connectivity index (χ2n) is 6.61. The van der Waals surface area contributed by atoms with Crippen molar-refractivity contribution < 1.29 is 18.7 Å². The number of ether oxygens (including phenoxy) is 2. The molecule has 0 radical (unpaired) electrons. The first-order valence-electron chi connectivity index (χ1n) is 9.23. The lowest BCUT2D eigenvalue weighted by Gasteiger charge is -2.11. The van der Waals surface area contributed by atoms with Crippen molar-refractivity contribution in [2.24, 2.45) is 0 Å². The Morgan fingerprint density at radius 1 is 1.18 bits per heavy atom. The molecule has 0 aliphatic heterocycles. The summed E-state index contributed by atoms with van der Waals surface area (Å²) in [6, 6.07) is 11.1. The molecule has 1 N–H and O–H groups in total. The number of aryl methyl sites for hydroxylation is 2. The van der Waals surface area contributed by atoms with Crippen LogP contribution in [0.2, 0.25) is 0 Å². The van der Waals surface area contributed by atoms with E-state index in [1.807, 2.05) is 39.8 Å². The molecule has 0 unspecified atom stereocenters. The van der Waals surface area contributed by atoms with Crippen LogP contribution in [0.1, 0.15) is 30.7 Å². The molecule has 0 saturated carbocycles. The number of fused-ring (bicyclic) bond motifs is 1. The number of amides is 1. The van der Waals surface area contributed by atoms with Gasteiger partial charge in [0.25, 0.3) is 0 Å². The molecule has 2 aromatic carbocycles. The van der Waals surface area contributed by atoms with Gasteiger partial charge in [0.2, 0.25) is 5.91 Å². The van der Waals surface area contributed by atoms with Crippen molar-refractivity contribution in [1.29, 1.82) is 0 Å². The summed E-state index contributed by atoms with van der Waals surface area (Å²) >= 11 is 0. The highest BCUT2D eigenvalue weighted by molar-refractivity contribution is 6.04. The molecule has 1 heterocycles. The molecule has 0 aliphatic rings. The molecule has 0 aliphatic carbocycles. The van der Waals surface area contributed by atoms with Crippen LogP contribution in [0.25, 0.3) is 16.5 Å². The number of furan rings is 1. The third kappa shape index (κ3) is 4.03. The fraction of sp³-hybridized carbons (Fsp3) is 0.261. The van der Waals surface area contributed by atoms with E-state index in [2.05, 4.69) is 5.32 Å². The number of nitrogens with one attached hydrogen (secondary N) is 1. The molecule has 0 saturated heterocycles. The van der Waals surface area contributed by atoms with Crippen molar-refractivity contribution in [1.82, 2.24) is 0 Å². The van der Waals surface area contributed by atoms with E-state index >= 15 is 0 Å². The highest BCUT2D eigenvalue weighted by Crippen LogP contribution is 2.35. The monoisotopic (exact) mass is 379 g/mol. The van der Waals surface area contributed by atoms with E-state index in [1.54, 1.807) is 37.5 Å². The van der Waals surface area contributed by atoms with Gasteiger partial charge in [0.05, 0.1) is 13.7 Å². The number of methoxy groups -OCH3 is 1. The van der Waals surface area contributed by atoms with E-state index in [9.17, 15) is 4.79 Å². The van der Waals surface area contributed by atoms with Crippen molar-refractivity contribution in [2.45, 2.75) is 27.7 Å². The Morgan fingerprint density at radius 3 is 2.54 bits per heavy atom. The van der Waals surface area contributed by atoms with E-state index in [0.29, 0.717) is 18.0 Å². The SMILES string of the molecule is CCOc1cc2oc(C)c(C)c2cc1/C(C)=C/C(=O)Nc1ccc(OC)cc1. The first-order chi connectivity index (χ1) is 13.4. The molecule has 3 aromatic rings. The first kappa shape index (κ1) is 19.5. The normalized spacial score (nSPS) is 11.5. The van der Waals surface area contributed by atoms with E-state index < -0.39 is 0 Å². The summed E-state index contributed by atoms with van der Waals surface area (Å²) in [5.41, 5.74) is 4.28. The Hall–Kier alpha value is -3.21. The Bertz CT molecular complexity index is 1030. The van der Waals surface area contributed by atoms with Gasteiger partial charge in [-0.1, -0.05) is 0 Å². The molecule has 0 atom stereocenters. The Labute approximate surface area is 164 Å². The van der Waals surface area contributed by atoms with Crippen LogP contribution in [0.3, 0.4) is 0 Å². The molecule has 0 spiro atoms. The highest BCUT2D eigenvalue weighted by Gasteiger charge is 2.14. The molecule has 1 amide bonds. The van der Waals surface area contributed by atoms with Crippen molar-refractivity contribution in [3.63, 3.8) is 0 Å². The summed E-state index contributed by atoms with van der Waals surface area (Å²) in [5.74, 6) is 2.12. The van der Waals surface area contributed by atoms with Crippen molar-refractivity contribution in [3.05, 3.63) is 59.4 Å². The average Bonchev–Trinajstić information content (AvgIpc) is 2.95. The number of carbonyl (C=O) groups is 1. The van der Waals surface area contributed by atoms with Gasteiger partial charge in [0.15, 0.2) is 0 Å². The maximum absolute atomic E-state index is 12.5. The lowest BCUT2D eigenvalue weighted by Crippen LogP contribution is -2.08. The fourth-order valence-electron chi connectivity index (χ4n) is 3.08. The third-order valence-corrected chi connectivity index (χ3v) is 4.71. The Morgan fingerprint density at radius 2 is 1.89 bits per heavy atom. The minimum atomic E-state index is -0.203. The van der Waals surface area contributed by atoms with Crippen molar-refractivity contribution in [2.75, 3.05) is 19.0 Å². The maximum Gasteiger partial charge on any atom is 0.248 e. The van der Waals surface area contributed by atoms with Gasteiger partial charge in [0, 0.05) is 28.8 Å². The number of hydrogen-bond acceptors (Lipinski definition) is 4. The van der Waals surface area contributed by atoms with Gasteiger partial charge in [-0.2, -0.15) is 0 Å². The minimum absolute atomic E-state index is 0.203. The summed E-state index contributed by atoms with van der Waals surface area (Å²) in [7, 11) is 1.61. The van der Waals surface area contributed by atoms with Crippen LogP contribution < -0.4 is 14.8 Å². The average molecular weight is 379 g/mol. The minimum Gasteiger partial charge on any atom is -0.497 e. The van der Waals surface area contributed by atoms with Gasteiger partial charge < -0.3 is 19.2 Å². The van der Waals surface area contributed by atoms with Crippen LogP contribution in [0.5, 0.6) is 11.5 Å². The van der Waals surface area contributed by atoms with Crippen LogP contribution in [-0.2, 0) is 4.79 Å². The predicted molar refractivity (Wildman–Crippen MR) is 112 cm³/mol. The number of rotatable bonds is 6. The molecule has 0 bridgehead atoms.